The van der Waals surface area contributed by atoms with Crippen molar-refractivity contribution in [1.29, 1.82) is 0 Å². The number of nitrogens with one attached hydrogen (secondary N) is 2. The fourth-order valence-electron chi connectivity index (χ4n) is 3.44. The Balaban J connectivity index is 1.62. The topological polar surface area (TPSA) is 88.6 Å². The van der Waals surface area contributed by atoms with Gasteiger partial charge in [0.2, 0.25) is 0 Å². The van der Waals surface area contributed by atoms with Gasteiger partial charge in [-0.05, 0) is 42.5 Å². The molecule has 1 amide bonds. The van der Waals surface area contributed by atoms with Gasteiger partial charge in [-0.25, -0.2) is 14.4 Å². The van der Waals surface area contributed by atoms with Gasteiger partial charge < -0.3 is 25.0 Å². The summed E-state index contributed by atoms with van der Waals surface area (Å²) in [6, 6.07) is 15.0. The largest absolute Gasteiger partial charge is 0.493 e. The van der Waals surface area contributed by atoms with Crippen LogP contribution in [-0.4, -0.2) is 44.2 Å². The quantitative estimate of drug-likeness (QED) is 0.407. The van der Waals surface area contributed by atoms with Crippen molar-refractivity contribution in [2.24, 2.45) is 0 Å². The molecule has 8 nitrogen and oxygen atoms in total. The Morgan fingerprint density at radius 2 is 1.74 bits per heavy atom. The lowest BCUT2D eigenvalue weighted by Gasteiger charge is -2.14. The maximum atomic E-state index is 14.5. The molecule has 4 rings (SSSR count). The Kier molecular flexibility index (Phi) is 6.44. The van der Waals surface area contributed by atoms with Crippen LogP contribution in [0.15, 0.2) is 60.9 Å². The first-order chi connectivity index (χ1) is 16.4. The van der Waals surface area contributed by atoms with Crippen molar-refractivity contribution >= 4 is 39.7 Å². The molecule has 174 valence electrons. The number of rotatable bonds is 7. The molecule has 0 saturated carbocycles. The lowest BCUT2D eigenvalue weighted by Crippen LogP contribution is -2.15. The fraction of sp³-hybridized carbons (Fsp3) is 0.160. The van der Waals surface area contributed by atoms with Gasteiger partial charge >= 0.3 is 0 Å². The highest BCUT2D eigenvalue weighted by molar-refractivity contribution is 6.05. The smallest absolute Gasteiger partial charge is 0.255 e. The average molecular weight is 461 g/mol. The molecule has 0 fully saturated rings. The molecule has 3 aromatic carbocycles. The van der Waals surface area contributed by atoms with E-state index in [0.717, 1.165) is 5.69 Å². The number of halogens is 1. The fourth-order valence-corrected chi connectivity index (χ4v) is 3.44. The zero-order valence-corrected chi connectivity index (χ0v) is 19.2. The van der Waals surface area contributed by atoms with Crippen LogP contribution in [0.5, 0.6) is 11.5 Å². The van der Waals surface area contributed by atoms with Gasteiger partial charge in [0.1, 0.15) is 18.0 Å². The summed E-state index contributed by atoms with van der Waals surface area (Å²) in [4.78, 5) is 23.2. The number of benzene rings is 3. The SMILES string of the molecule is COc1cc2ncnc(Nc3ccc(F)c(NC(=O)c4cccc(N(C)C)c4)c3)c2cc1OC. The van der Waals surface area contributed by atoms with Crippen LogP contribution in [0.2, 0.25) is 0 Å². The van der Waals surface area contributed by atoms with Crippen LogP contribution in [0.4, 0.5) is 27.3 Å². The molecule has 1 aromatic heterocycles. The van der Waals surface area contributed by atoms with Crippen LogP contribution in [0, 0.1) is 5.82 Å². The van der Waals surface area contributed by atoms with Crippen LogP contribution < -0.4 is 25.0 Å². The maximum Gasteiger partial charge on any atom is 0.255 e. The third-order valence-corrected chi connectivity index (χ3v) is 5.24. The number of anilines is 4. The highest BCUT2D eigenvalue weighted by Crippen LogP contribution is 2.34. The molecule has 2 N–H and O–H groups in total. The second-order valence-corrected chi connectivity index (χ2v) is 7.67. The lowest BCUT2D eigenvalue weighted by molar-refractivity contribution is 0.102. The minimum absolute atomic E-state index is 0.0443. The molecule has 4 aromatic rings. The van der Waals surface area contributed by atoms with Crippen molar-refractivity contribution in [2.45, 2.75) is 0 Å². The molecule has 0 aliphatic carbocycles. The van der Waals surface area contributed by atoms with Crippen LogP contribution in [0.25, 0.3) is 10.9 Å². The maximum absolute atomic E-state index is 14.5. The molecule has 34 heavy (non-hydrogen) atoms. The van der Waals surface area contributed by atoms with Gasteiger partial charge in [0.05, 0.1) is 25.4 Å². The number of hydrogen-bond donors (Lipinski definition) is 2. The van der Waals surface area contributed by atoms with Crippen LogP contribution >= 0.6 is 0 Å². The molecule has 0 atom stereocenters. The molecule has 1 heterocycles. The predicted octanol–water partition coefficient (Wildman–Crippen LogP) is 4.85. The minimum atomic E-state index is -0.554. The number of carbonyl (C=O) groups is 1. The number of aromatic nitrogens is 2. The van der Waals surface area contributed by atoms with Gasteiger partial charge in [0.25, 0.3) is 5.91 Å². The Labute approximate surface area is 196 Å². The molecule has 0 spiro atoms. The van der Waals surface area contributed by atoms with Gasteiger partial charge in [-0.1, -0.05) is 6.07 Å². The number of amides is 1. The van der Waals surface area contributed by atoms with E-state index in [9.17, 15) is 9.18 Å². The van der Waals surface area contributed by atoms with E-state index in [1.807, 2.05) is 25.1 Å². The van der Waals surface area contributed by atoms with Gasteiger partial charge in [0, 0.05) is 42.5 Å². The zero-order chi connectivity index (χ0) is 24.2. The monoisotopic (exact) mass is 461 g/mol. The Bertz CT molecular complexity index is 1360. The number of nitrogens with zero attached hydrogens (tertiary/aromatic N) is 3. The number of carbonyl (C=O) groups excluding carboxylic acids is 1. The minimum Gasteiger partial charge on any atom is -0.493 e. The average Bonchev–Trinajstić information content (AvgIpc) is 2.85. The third-order valence-electron chi connectivity index (χ3n) is 5.24. The summed E-state index contributed by atoms with van der Waals surface area (Å²) in [5.74, 6) is 0.601. The molecule has 0 aliphatic heterocycles. The van der Waals surface area contributed by atoms with Gasteiger partial charge in [-0.2, -0.15) is 0 Å². The summed E-state index contributed by atoms with van der Waals surface area (Å²) in [5.41, 5.74) is 2.51. The Morgan fingerprint density at radius 1 is 0.971 bits per heavy atom. The van der Waals surface area contributed by atoms with Crippen LogP contribution in [0.1, 0.15) is 10.4 Å². The third kappa shape index (κ3) is 4.68. The van der Waals surface area contributed by atoms with E-state index in [0.29, 0.717) is 39.5 Å². The van der Waals surface area contributed by atoms with E-state index in [1.54, 1.807) is 50.6 Å². The first-order valence-corrected chi connectivity index (χ1v) is 10.4. The molecule has 9 heteroatoms. The summed E-state index contributed by atoms with van der Waals surface area (Å²) < 4.78 is 25.2. The van der Waals surface area contributed by atoms with E-state index in [2.05, 4.69) is 20.6 Å². The van der Waals surface area contributed by atoms with Crippen molar-refractivity contribution in [1.82, 2.24) is 9.97 Å². The summed E-state index contributed by atoms with van der Waals surface area (Å²) in [7, 11) is 6.86. The molecular formula is C25H24FN5O3. The van der Waals surface area contributed by atoms with Gasteiger partial charge in [-0.15, -0.1) is 0 Å². The van der Waals surface area contributed by atoms with Crippen molar-refractivity contribution < 1.29 is 18.7 Å². The second-order valence-electron chi connectivity index (χ2n) is 7.67. The second kappa shape index (κ2) is 9.62. The zero-order valence-electron chi connectivity index (χ0n) is 19.2. The molecule has 0 radical (unpaired) electrons. The predicted molar refractivity (Wildman–Crippen MR) is 131 cm³/mol. The highest BCUT2D eigenvalue weighted by Gasteiger charge is 2.14. The molecule has 0 unspecified atom stereocenters. The standard InChI is InChI=1S/C25H24FN5O3/c1-31(2)17-7-5-6-15(10-17)25(32)30-21-11-16(8-9-19(21)26)29-24-18-12-22(33-3)23(34-4)13-20(18)27-14-28-24/h5-14H,1-4H3,(H,30,32)(H,27,28,29). The normalized spacial score (nSPS) is 10.6. The van der Waals surface area contributed by atoms with Gasteiger partial charge in [-0.3, -0.25) is 4.79 Å². The first kappa shape index (κ1) is 22.8. The molecule has 0 bridgehead atoms. The van der Waals surface area contributed by atoms with E-state index in [1.165, 1.54) is 18.5 Å². The summed E-state index contributed by atoms with van der Waals surface area (Å²) in [6.45, 7) is 0. The number of methoxy groups -OCH3 is 2. The lowest BCUT2D eigenvalue weighted by atomic mass is 10.1. The van der Waals surface area contributed by atoms with Crippen molar-refractivity contribution in [3.63, 3.8) is 0 Å². The van der Waals surface area contributed by atoms with Gasteiger partial charge in [0.15, 0.2) is 11.5 Å². The van der Waals surface area contributed by atoms with Crippen LogP contribution in [0.3, 0.4) is 0 Å². The number of ether oxygens (including phenoxy) is 2. The van der Waals surface area contributed by atoms with E-state index < -0.39 is 11.7 Å². The molecule has 0 saturated heterocycles. The van der Waals surface area contributed by atoms with E-state index in [-0.39, 0.29) is 5.69 Å². The molecule has 0 aliphatic rings. The Hall–Kier alpha value is -4.40. The van der Waals surface area contributed by atoms with Crippen molar-refractivity contribution in [3.8, 4) is 11.5 Å². The number of hydrogen-bond acceptors (Lipinski definition) is 7. The first-order valence-electron chi connectivity index (χ1n) is 10.4. The van der Waals surface area contributed by atoms with Crippen molar-refractivity contribution in [2.75, 3.05) is 43.8 Å². The van der Waals surface area contributed by atoms with Crippen molar-refractivity contribution in [3.05, 3.63) is 72.3 Å². The number of fused-ring (bicyclic) bond motifs is 1. The van der Waals surface area contributed by atoms with E-state index >= 15 is 0 Å². The summed E-state index contributed by atoms with van der Waals surface area (Å²) in [5, 5.41) is 6.51. The van der Waals surface area contributed by atoms with E-state index in [4.69, 9.17) is 9.47 Å². The molecular weight excluding hydrogens is 437 g/mol. The van der Waals surface area contributed by atoms with Crippen LogP contribution in [-0.2, 0) is 0 Å². The highest BCUT2D eigenvalue weighted by atomic mass is 19.1. The Morgan fingerprint density at radius 3 is 2.47 bits per heavy atom. The summed E-state index contributed by atoms with van der Waals surface area (Å²) >= 11 is 0. The summed E-state index contributed by atoms with van der Waals surface area (Å²) in [6.07, 6.45) is 1.42.